The van der Waals surface area contributed by atoms with E-state index in [2.05, 4.69) is 27.9 Å². The van der Waals surface area contributed by atoms with Gasteiger partial charge in [-0.05, 0) is 50.6 Å². The number of halogens is 1. The molecule has 1 fully saturated rings. The van der Waals surface area contributed by atoms with Gasteiger partial charge in [-0.2, -0.15) is 0 Å². The Morgan fingerprint density at radius 2 is 2.00 bits per heavy atom. The number of hydrogen-bond acceptors (Lipinski definition) is 4. The first-order chi connectivity index (χ1) is 12.5. The lowest BCUT2D eigenvalue weighted by molar-refractivity contribution is -0.120. The first kappa shape index (κ1) is 18.4. The summed E-state index contributed by atoms with van der Waals surface area (Å²) in [4.78, 5) is 29.2. The Hall–Kier alpha value is -2.44. The molecule has 1 saturated heterocycles. The van der Waals surface area contributed by atoms with Crippen molar-refractivity contribution in [2.75, 3.05) is 17.2 Å². The van der Waals surface area contributed by atoms with E-state index < -0.39 is 0 Å². The first-order valence-electron chi connectivity index (χ1n) is 8.59. The van der Waals surface area contributed by atoms with Crippen molar-refractivity contribution in [3.8, 4) is 0 Å². The van der Waals surface area contributed by atoms with E-state index >= 15 is 0 Å². The molecule has 1 aromatic heterocycles. The van der Waals surface area contributed by atoms with Crippen molar-refractivity contribution < 1.29 is 9.59 Å². The third-order valence-electron chi connectivity index (χ3n) is 4.39. The lowest BCUT2D eigenvalue weighted by atomic mass is 9.92. The highest BCUT2D eigenvalue weighted by Gasteiger charge is 2.25. The number of hydrogen-bond donors (Lipinski definition) is 3. The number of rotatable bonds is 4. The quantitative estimate of drug-likeness (QED) is 0.768. The van der Waals surface area contributed by atoms with Crippen LogP contribution in [0.5, 0.6) is 0 Å². The lowest BCUT2D eigenvalue weighted by Crippen LogP contribution is -2.40. The number of carbonyl (C=O) groups excluding carboxylic acids is 2. The molecule has 0 bridgehead atoms. The summed E-state index contributed by atoms with van der Waals surface area (Å²) in [5, 5.41) is 9.45. The van der Waals surface area contributed by atoms with Gasteiger partial charge in [-0.25, -0.2) is 4.98 Å². The van der Waals surface area contributed by atoms with Gasteiger partial charge in [0.1, 0.15) is 5.82 Å². The number of nitrogens with zero attached hydrogens (tertiary/aromatic N) is 1. The zero-order chi connectivity index (χ0) is 18.5. The number of carbonyl (C=O) groups is 2. The average Bonchev–Trinajstić information content (AvgIpc) is 2.64. The number of anilines is 2. The zero-order valence-corrected chi connectivity index (χ0v) is 15.2. The van der Waals surface area contributed by atoms with Gasteiger partial charge in [0.2, 0.25) is 5.91 Å². The third-order valence-corrected chi connectivity index (χ3v) is 4.62. The molecule has 6 nitrogen and oxygen atoms in total. The smallest absolute Gasteiger partial charge is 0.258 e. The first-order valence-corrected chi connectivity index (χ1v) is 8.97. The van der Waals surface area contributed by atoms with E-state index in [9.17, 15) is 9.59 Å². The topological polar surface area (TPSA) is 83.1 Å². The van der Waals surface area contributed by atoms with Crippen LogP contribution in [-0.4, -0.2) is 29.4 Å². The van der Waals surface area contributed by atoms with Crippen molar-refractivity contribution in [1.29, 1.82) is 0 Å². The molecule has 2 aromatic rings. The molecule has 2 heterocycles. The predicted molar refractivity (Wildman–Crippen MR) is 102 cm³/mol. The fourth-order valence-electron chi connectivity index (χ4n) is 3.03. The lowest BCUT2D eigenvalue weighted by Gasteiger charge is -2.27. The van der Waals surface area contributed by atoms with Crippen molar-refractivity contribution >= 4 is 34.9 Å². The van der Waals surface area contributed by atoms with Gasteiger partial charge >= 0.3 is 0 Å². The molecule has 0 radical (unpaired) electrons. The van der Waals surface area contributed by atoms with E-state index in [0.717, 1.165) is 19.4 Å². The molecule has 1 aromatic carbocycles. The number of pyridine rings is 1. The maximum atomic E-state index is 12.6. The van der Waals surface area contributed by atoms with Crippen LogP contribution in [-0.2, 0) is 4.79 Å². The highest BCUT2D eigenvalue weighted by molar-refractivity contribution is 6.30. The molecule has 26 heavy (non-hydrogen) atoms. The van der Waals surface area contributed by atoms with Crippen molar-refractivity contribution in [2.45, 2.75) is 25.8 Å². The minimum absolute atomic E-state index is 0.0526. The van der Waals surface area contributed by atoms with E-state index in [0.29, 0.717) is 28.1 Å². The zero-order valence-electron chi connectivity index (χ0n) is 14.5. The normalized spacial score (nSPS) is 19.6. The van der Waals surface area contributed by atoms with Crippen LogP contribution in [0.3, 0.4) is 0 Å². The summed E-state index contributed by atoms with van der Waals surface area (Å²) >= 11 is 5.80. The minimum Gasteiger partial charge on any atom is -0.325 e. The van der Waals surface area contributed by atoms with Gasteiger partial charge in [0.05, 0.1) is 16.3 Å². The highest BCUT2D eigenvalue weighted by Crippen LogP contribution is 2.22. The van der Waals surface area contributed by atoms with Gasteiger partial charge in [-0.15, -0.1) is 0 Å². The summed E-state index contributed by atoms with van der Waals surface area (Å²) in [6.07, 6.45) is 3.04. The maximum absolute atomic E-state index is 12.6. The number of nitrogens with one attached hydrogen (secondary N) is 3. The molecule has 0 spiro atoms. The van der Waals surface area contributed by atoms with Crippen LogP contribution in [0.1, 0.15) is 30.1 Å². The summed E-state index contributed by atoms with van der Waals surface area (Å²) in [6.45, 7) is 2.89. The summed E-state index contributed by atoms with van der Waals surface area (Å²) in [5.41, 5.74) is 0.884. The Labute approximate surface area is 157 Å². The van der Waals surface area contributed by atoms with Crippen molar-refractivity contribution in [3.63, 3.8) is 0 Å². The minimum atomic E-state index is -0.339. The Bertz CT molecular complexity index is 794. The molecule has 0 saturated carbocycles. The third kappa shape index (κ3) is 4.59. The van der Waals surface area contributed by atoms with E-state index in [1.165, 1.54) is 6.20 Å². The van der Waals surface area contributed by atoms with Gasteiger partial charge in [0.25, 0.3) is 5.91 Å². The van der Waals surface area contributed by atoms with Crippen LogP contribution in [0.2, 0.25) is 5.02 Å². The van der Waals surface area contributed by atoms with E-state index in [-0.39, 0.29) is 17.7 Å². The number of piperidine rings is 1. The summed E-state index contributed by atoms with van der Waals surface area (Å²) in [5.74, 6) is -0.0503. The number of amides is 2. The number of aromatic nitrogens is 1. The van der Waals surface area contributed by atoms with E-state index in [1.807, 2.05) is 0 Å². The SMILES string of the molecule is C[C@H]1C[C@@H](C(=O)Nc2ccccc2C(=O)Nc2ccc(Cl)cn2)CCN1. The van der Waals surface area contributed by atoms with Crippen LogP contribution < -0.4 is 16.0 Å². The van der Waals surface area contributed by atoms with Crippen molar-refractivity contribution in [1.82, 2.24) is 10.3 Å². The van der Waals surface area contributed by atoms with Crippen LogP contribution >= 0.6 is 11.6 Å². The summed E-state index contributed by atoms with van der Waals surface area (Å²) in [6, 6.07) is 10.5. The molecule has 1 aliphatic rings. The van der Waals surface area contributed by atoms with Gasteiger partial charge < -0.3 is 16.0 Å². The molecular weight excluding hydrogens is 352 g/mol. The fourth-order valence-corrected chi connectivity index (χ4v) is 3.14. The van der Waals surface area contributed by atoms with Gasteiger partial charge in [-0.1, -0.05) is 23.7 Å². The summed E-state index contributed by atoms with van der Waals surface area (Å²) in [7, 11) is 0. The predicted octanol–water partition coefficient (Wildman–Crippen LogP) is 3.31. The number of para-hydroxylation sites is 1. The Morgan fingerprint density at radius 3 is 2.73 bits per heavy atom. The van der Waals surface area contributed by atoms with Crippen molar-refractivity contribution in [2.24, 2.45) is 5.92 Å². The highest BCUT2D eigenvalue weighted by atomic mass is 35.5. The molecule has 1 aliphatic heterocycles. The molecule has 0 unspecified atom stereocenters. The fraction of sp³-hybridized carbons (Fsp3) is 0.316. The molecule has 2 atom stereocenters. The maximum Gasteiger partial charge on any atom is 0.258 e. The van der Waals surface area contributed by atoms with Crippen LogP contribution in [0.15, 0.2) is 42.6 Å². The molecular formula is C19H21ClN4O2. The molecule has 3 rings (SSSR count). The van der Waals surface area contributed by atoms with Gasteiger partial charge in [0, 0.05) is 18.2 Å². The second kappa shape index (κ2) is 8.29. The molecule has 3 N–H and O–H groups in total. The average molecular weight is 373 g/mol. The number of benzene rings is 1. The summed E-state index contributed by atoms with van der Waals surface area (Å²) < 4.78 is 0. The Kier molecular flexibility index (Phi) is 5.85. The van der Waals surface area contributed by atoms with Crippen LogP contribution in [0.4, 0.5) is 11.5 Å². The molecule has 136 valence electrons. The van der Waals surface area contributed by atoms with E-state index in [1.54, 1.807) is 36.4 Å². The van der Waals surface area contributed by atoms with Crippen molar-refractivity contribution in [3.05, 3.63) is 53.2 Å². The second-order valence-corrected chi connectivity index (χ2v) is 6.86. The monoisotopic (exact) mass is 372 g/mol. The van der Waals surface area contributed by atoms with E-state index in [4.69, 9.17) is 11.6 Å². The Morgan fingerprint density at radius 1 is 1.19 bits per heavy atom. The largest absolute Gasteiger partial charge is 0.325 e. The van der Waals surface area contributed by atoms with Crippen LogP contribution in [0, 0.1) is 5.92 Å². The second-order valence-electron chi connectivity index (χ2n) is 6.43. The molecule has 7 heteroatoms. The molecule has 2 amide bonds. The van der Waals surface area contributed by atoms with Crippen LogP contribution in [0.25, 0.3) is 0 Å². The van der Waals surface area contributed by atoms with Gasteiger partial charge in [0.15, 0.2) is 0 Å². The molecule has 0 aliphatic carbocycles. The van der Waals surface area contributed by atoms with Gasteiger partial charge in [-0.3, -0.25) is 9.59 Å². The standard InChI is InChI=1S/C19H21ClN4O2/c1-12-10-13(8-9-21-12)18(25)23-16-5-3-2-4-15(16)19(26)24-17-7-6-14(20)11-22-17/h2-7,11-13,21H,8-10H2,1H3,(H,23,25)(H,22,24,26)/t12-,13-/m0/s1. The Balaban J connectivity index is 1.72.